The van der Waals surface area contributed by atoms with Crippen molar-refractivity contribution in [2.75, 3.05) is 9.80 Å². The molecule has 410 valence electrons. The summed E-state index contributed by atoms with van der Waals surface area (Å²) in [7, 11) is 0. The highest BCUT2D eigenvalue weighted by Gasteiger charge is 2.46. The maximum Gasteiger partial charge on any atom is 0.338 e. The van der Waals surface area contributed by atoms with Gasteiger partial charge in [0.15, 0.2) is 0 Å². The molecule has 4 aliphatic heterocycles. The van der Waals surface area contributed by atoms with E-state index in [0.29, 0.717) is 11.1 Å². The van der Waals surface area contributed by atoms with Gasteiger partial charge in [-0.2, -0.15) is 0 Å². The van der Waals surface area contributed by atoms with Gasteiger partial charge in [-0.3, -0.25) is 0 Å². The number of nitrogens with zero attached hydrogens (tertiary/aromatic N) is 2. The first-order valence-corrected chi connectivity index (χ1v) is 30.2. The third-order valence-electron chi connectivity index (χ3n) is 18.8. The lowest BCUT2D eigenvalue weighted by molar-refractivity contribution is 0.0464. The molecule has 0 amide bonds. The lowest BCUT2D eigenvalue weighted by Gasteiger charge is -2.42. The van der Waals surface area contributed by atoms with Crippen LogP contribution in [0.4, 0.5) is 34.1 Å². The first-order chi connectivity index (χ1) is 43.5. The standard InChI is InChI=1S/C80H50B2N2O4/c85-79(87-47-49-23-7-1-8-24-49)53-39-63-59-43-57(51-27-11-3-12-28-51)61-46-68-74-60(64-40-54(80(86)88-48-50-25-9-2-10-26-50)42-72-78(64)82(68)66-36-20-22-38-70(66)84(72)56-33-17-6-18-34-56)44-58(52-29-13-4-14-30-52)62-45-67(73(59)75(61)76(62)74)81-65-35-19-21-37-69(65)83(71(41-53)77(63)81)55-31-15-5-16-32-55/h1-46H,47-48H2. The second-order valence-electron chi connectivity index (χ2n) is 23.6. The van der Waals surface area contributed by atoms with E-state index in [-0.39, 0.29) is 38.6 Å². The fourth-order valence-electron chi connectivity index (χ4n) is 15.2. The van der Waals surface area contributed by atoms with Gasteiger partial charge in [-0.15, -0.1) is 0 Å². The molecular weight excluding hydrogens is 1070 g/mol. The highest BCUT2D eigenvalue weighted by Crippen LogP contribution is 2.52. The summed E-state index contributed by atoms with van der Waals surface area (Å²) < 4.78 is 12.6. The van der Waals surface area contributed by atoms with E-state index in [4.69, 9.17) is 9.47 Å². The van der Waals surface area contributed by atoms with Crippen molar-refractivity contribution < 1.29 is 19.1 Å². The molecule has 0 radical (unpaired) electrons. The molecule has 0 saturated carbocycles. The van der Waals surface area contributed by atoms with Crippen molar-refractivity contribution in [1.82, 2.24) is 0 Å². The van der Waals surface area contributed by atoms with Gasteiger partial charge in [-0.1, -0.05) is 217 Å². The smallest absolute Gasteiger partial charge is 0.338 e. The van der Waals surface area contributed by atoms with Gasteiger partial charge in [-0.05, 0) is 183 Å². The topological polar surface area (TPSA) is 59.1 Å². The summed E-state index contributed by atoms with van der Waals surface area (Å²) in [4.78, 5) is 34.6. The van der Waals surface area contributed by atoms with Crippen LogP contribution < -0.4 is 42.6 Å². The molecule has 18 rings (SSSR count). The molecule has 0 spiro atoms. The molecule has 4 heterocycles. The zero-order chi connectivity index (χ0) is 58.1. The predicted molar refractivity (Wildman–Crippen MR) is 362 cm³/mol. The molecule has 0 saturated heterocycles. The van der Waals surface area contributed by atoms with E-state index in [9.17, 15) is 9.59 Å². The number of carbonyl (C=O) groups is 2. The average Bonchev–Trinajstić information content (AvgIpc) is 0.687. The van der Waals surface area contributed by atoms with E-state index in [1.54, 1.807) is 0 Å². The van der Waals surface area contributed by atoms with Crippen LogP contribution in [0.2, 0.25) is 0 Å². The number of rotatable bonds is 10. The van der Waals surface area contributed by atoms with E-state index in [1.165, 1.54) is 32.6 Å². The highest BCUT2D eigenvalue weighted by atomic mass is 16.5. The lowest BCUT2D eigenvalue weighted by Crippen LogP contribution is -2.60. The molecule has 0 bridgehead atoms. The Morgan fingerprint density at radius 3 is 1.06 bits per heavy atom. The lowest BCUT2D eigenvalue weighted by atomic mass is 9.31. The van der Waals surface area contributed by atoms with Gasteiger partial charge in [0.2, 0.25) is 13.4 Å². The Bertz CT molecular complexity index is 4870. The van der Waals surface area contributed by atoms with Crippen molar-refractivity contribution in [3.63, 3.8) is 0 Å². The van der Waals surface area contributed by atoms with Crippen LogP contribution in [-0.4, -0.2) is 25.4 Å². The van der Waals surface area contributed by atoms with Crippen LogP contribution in [0, 0.1) is 0 Å². The molecule has 0 fully saturated rings. The molecule has 0 aliphatic carbocycles. The van der Waals surface area contributed by atoms with Crippen molar-refractivity contribution in [1.29, 1.82) is 0 Å². The maximum atomic E-state index is 15.0. The average molecular weight is 1120 g/mol. The second kappa shape index (κ2) is 19.7. The molecule has 14 aromatic rings. The third kappa shape index (κ3) is 7.51. The van der Waals surface area contributed by atoms with Gasteiger partial charge in [-0.25, -0.2) is 9.59 Å². The number of para-hydroxylation sites is 4. The Kier molecular flexibility index (Phi) is 11.2. The normalized spacial score (nSPS) is 12.9. The summed E-state index contributed by atoms with van der Waals surface area (Å²) in [6.45, 7) is -0.164. The van der Waals surface area contributed by atoms with Gasteiger partial charge in [0.05, 0.1) is 11.1 Å². The molecule has 0 atom stereocenters. The molecule has 0 unspecified atom stereocenters. The number of anilines is 6. The summed E-state index contributed by atoms with van der Waals surface area (Å²) in [6.07, 6.45) is 0. The predicted octanol–water partition coefficient (Wildman–Crippen LogP) is 15.2. The minimum atomic E-state index is -0.387. The van der Waals surface area contributed by atoms with Crippen LogP contribution in [0.15, 0.2) is 279 Å². The number of esters is 2. The van der Waals surface area contributed by atoms with E-state index >= 15 is 0 Å². The molecule has 88 heavy (non-hydrogen) atoms. The zero-order valence-corrected chi connectivity index (χ0v) is 47.7. The highest BCUT2D eigenvalue weighted by molar-refractivity contribution is 7.02. The first-order valence-electron chi connectivity index (χ1n) is 30.2. The van der Waals surface area contributed by atoms with Gasteiger partial charge < -0.3 is 19.3 Å². The van der Waals surface area contributed by atoms with Gasteiger partial charge in [0, 0.05) is 34.1 Å². The number of ether oxygens (including phenoxy) is 2. The largest absolute Gasteiger partial charge is 0.457 e. The Balaban J connectivity index is 0.988. The van der Waals surface area contributed by atoms with E-state index in [0.717, 1.165) is 122 Å². The van der Waals surface area contributed by atoms with Crippen LogP contribution in [0.25, 0.3) is 76.8 Å². The van der Waals surface area contributed by atoms with Crippen LogP contribution in [0.1, 0.15) is 31.8 Å². The Labute approximate surface area is 509 Å². The van der Waals surface area contributed by atoms with Crippen molar-refractivity contribution in [3.05, 3.63) is 301 Å². The minimum Gasteiger partial charge on any atom is -0.457 e. The van der Waals surface area contributed by atoms with Crippen LogP contribution in [-0.2, 0) is 22.7 Å². The van der Waals surface area contributed by atoms with Crippen LogP contribution in [0.5, 0.6) is 0 Å². The minimum absolute atomic E-state index is 0.145. The molecule has 6 nitrogen and oxygen atoms in total. The molecule has 8 heteroatoms. The summed E-state index contributed by atoms with van der Waals surface area (Å²) in [5.74, 6) is -0.774. The van der Waals surface area contributed by atoms with Gasteiger partial charge >= 0.3 is 11.9 Å². The number of benzene rings is 14. The Hall–Kier alpha value is -11.2. The Morgan fingerprint density at radius 1 is 0.307 bits per heavy atom. The number of hydrogen-bond donors (Lipinski definition) is 0. The fourth-order valence-corrected chi connectivity index (χ4v) is 15.2. The van der Waals surface area contributed by atoms with Gasteiger partial charge in [0.1, 0.15) is 13.2 Å². The van der Waals surface area contributed by atoms with Crippen molar-refractivity contribution >= 4 is 125 Å². The van der Waals surface area contributed by atoms with E-state index < -0.39 is 0 Å². The van der Waals surface area contributed by atoms with Crippen molar-refractivity contribution in [2.45, 2.75) is 13.2 Å². The molecule has 0 aromatic heterocycles. The van der Waals surface area contributed by atoms with E-state index in [2.05, 4.69) is 228 Å². The summed E-state index contributed by atoms with van der Waals surface area (Å²) in [6, 6.07) is 98.4. The van der Waals surface area contributed by atoms with Crippen molar-refractivity contribution in [3.8, 4) is 44.5 Å². The van der Waals surface area contributed by atoms with Gasteiger partial charge in [0.25, 0.3) is 0 Å². The number of fused-ring (bicyclic) bond motifs is 8. The molecular formula is C80H50B2N2O4. The van der Waals surface area contributed by atoms with Crippen molar-refractivity contribution in [2.24, 2.45) is 0 Å². The Morgan fingerprint density at radius 2 is 0.659 bits per heavy atom. The van der Waals surface area contributed by atoms with Crippen LogP contribution >= 0.6 is 0 Å². The summed E-state index contributed by atoms with van der Waals surface area (Å²) >= 11 is 0. The SMILES string of the molecule is O=C(OCc1ccccc1)c1cc2c3c(c1)N(c1ccccc1)c1ccccc1B3c1cc3c(-c4ccccc4)cc4c5c(cc6c(-c7ccccc7)cc-2c1c6c35)B1c2ccccc2N(c2ccccc2)c2cc(C(=O)OCc3ccccc3)cc-4c21. The molecule has 14 aromatic carbocycles. The molecule has 4 aliphatic rings. The summed E-state index contributed by atoms with van der Waals surface area (Å²) in [5.41, 5.74) is 24.4. The quantitative estimate of drug-likeness (QED) is 0.0773. The first kappa shape index (κ1) is 50.1. The second-order valence-corrected chi connectivity index (χ2v) is 23.6. The zero-order valence-electron chi connectivity index (χ0n) is 47.7. The number of hydrogen-bond acceptors (Lipinski definition) is 6. The number of carbonyl (C=O) groups excluding carboxylic acids is 2. The fraction of sp³-hybridized carbons (Fsp3) is 0.0250. The monoisotopic (exact) mass is 1120 g/mol. The maximum absolute atomic E-state index is 15.0. The van der Waals surface area contributed by atoms with E-state index in [1.807, 2.05) is 60.7 Å². The third-order valence-corrected chi connectivity index (χ3v) is 18.8. The van der Waals surface area contributed by atoms with Crippen LogP contribution in [0.3, 0.4) is 0 Å². The summed E-state index contributed by atoms with van der Waals surface area (Å²) in [5, 5.41) is 6.98. The molecule has 0 N–H and O–H groups in total.